The summed E-state index contributed by atoms with van der Waals surface area (Å²) in [5.41, 5.74) is 1.91. The molecule has 0 saturated carbocycles. The average Bonchev–Trinajstić information content (AvgIpc) is 2.43. The first-order valence-corrected chi connectivity index (χ1v) is 6.82. The van der Waals surface area contributed by atoms with Crippen molar-refractivity contribution in [1.82, 2.24) is 5.32 Å². The predicted molar refractivity (Wildman–Crippen MR) is 78.2 cm³/mol. The van der Waals surface area contributed by atoms with Crippen molar-refractivity contribution < 1.29 is 4.39 Å². The Kier molecular flexibility index (Phi) is 5.20. The van der Waals surface area contributed by atoms with Crippen LogP contribution in [0.2, 0.25) is 5.02 Å². The average molecular weight is 298 g/mol. The molecule has 0 heterocycles. The molecule has 0 fully saturated rings. The SMILES string of the molecule is Fc1cc(CNCC(Cl)c2ccccc2)ccc1Cl. The zero-order valence-electron chi connectivity index (χ0n) is 10.2. The predicted octanol–water partition coefficient (Wildman–Crippen LogP) is 4.55. The molecular weight excluding hydrogens is 284 g/mol. The summed E-state index contributed by atoms with van der Waals surface area (Å²) < 4.78 is 13.2. The monoisotopic (exact) mass is 297 g/mol. The number of benzene rings is 2. The fraction of sp³-hybridized carbons (Fsp3) is 0.200. The van der Waals surface area contributed by atoms with Crippen LogP contribution in [-0.4, -0.2) is 6.54 Å². The molecule has 1 nitrogen and oxygen atoms in total. The van der Waals surface area contributed by atoms with Gasteiger partial charge < -0.3 is 5.32 Å². The van der Waals surface area contributed by atoms with E-state index in [0.29, 0.717) is 13.1 Å². The minimum absolute atomic E-state index is 0.0988. The lowest BCUT2D eigenvalue weighted by molar-refractivity contribution is 0.619. The molecular formula is C15H14Cl2FN. The molecule has 0 aliphatic rings. The summed E-state index contributed by atoms with van der Waals surface area (Å²) in [6.45, 7) is 1.18. The first-order chi connectivity index (χ1) is 9.16. The standard InChI is InChI=1S/C15H14Cl2FN/c16-13-7-6-11(8-15(13)18)9-19-10-14(17)12-4-2-1-3-5-12/h1-8,14,19H,9-10H2. The van der Waals surface area contributed by atoms with Gasteiger partial charge in [0.2, 0.25) is 0 Å². The fourth-order valence-corrected chi connectivity index (χ4v) is 2.14. The van der Waals surface area contributed by atoms with Gasteiger partial charge >= 0.3 is 0 Å². The Morgan fingerprint density at radius 3 is 2.53 bits per heavy atom. The number of rotatable bonds is 5. The van der Waals surface area contributed by atoms with E-state index in [1.807, 2.05) is 30.3 Å². The molecule has 2 aromatic carbocycles. The van der Waals surface area contributed by atoms with Crippen LogP contribution in [0.5, 0.6) is 0 Å². The van der Waals surface area contributed by atoms with Crippen molar-refractivity contribution in [2.24, 2.45) is 0 Å². The van der Waals surface area contributed by atoms with Crippen LogP contribution in [0.1, 0.15) is 16.5 Å². The van der Waals surface area contributed by atoms with Crippen molar-refractivity contribution in [3.05, 3.63) is 70.5 Å². The molecule has 4 heteroatoms. The Bertz CT molecular complexity index is 531. The second-order valence-electron chi connectivity index (χ2n) is 4.26. The summed E-state index contributed by atoms with van der Waals surface area (Å²) in [4.78, 5) is 0. The smallest absolute Gasteiger partial charge is 0.142 e. The third-order valence-electron chi connectivity index (χ3n) is 2.80. The molecule has 0 aliphatic heterocycles. The van der Waals surface area contributed by atoms with E-state index in [-0.39, 0.29) is 10.4 Å². The lowest BCUT2D eigenvalue weighted by Crippen LogP contribution is -2.18. The number of halogens is 3. The van der Waals surface area contributed by atoms with Gasteiger partial charge in [0.05, 0.1) is 10.4 Å². The van der Waals surface area contributed by atoms with Crippen LogP contribution in [-0.2, 0) is 6.54 Å². The van der Waals surface area contributed by atoms with E-state index in [9.17, 15) is 4.39 Å². The van der Waals surface area contributed by atoms with Crippen molar-refractivity contribution in [1.29, 1.82) is 0 Å². The van der Waals surface area contributed by atoms with Crippen molar-refractivity contribution in [2.45, 2.75) is 11.9 Å². The number of hydrogen-bond donors (Lipinski definition) is 1. The van der Waals surface area contributed by atoms with Crippen LogP contribution in [0, 0.1) is 5.82 Å². The van der Waals surface area contributed by atoms with Gasteiger partial charge in [0.15, 0.2) is 0 Å². The topological polar surface area (TPSA) is 12.0 Å². The van der Waals surface area contributed by atoms with Gasteiger partial charge in [-0.1, -0.05) is 48.0 Å². The third-order valence-corrected chi connectivity index (χ3v) is 3.51. The molecule has 0 aromatic heterocycles. The van der Waals surface area contributed by atoms with Crippen molar-refractivity contribution in [2.75, 3.05) is 6.54 Å². The van der Waals surface area contributed by atoms with Crippen molar-refractivity contribution in [3.8, 4) is 0 Å². The molecule has 0 saturated heterocycles. The number of hydrogen-bond acceptors (Lipinski definition) is 1. The van der Waals surface area contributed by atoms with Crippen LogP contribution < -0.4 is 5.32 Å². The minimum Gasteiger partial charge on any atom is -0.311 e. The first-order valence-electron chi connectivity index (χ1n) is 6.00. The lowest BCUT2D eigenvalue weighted by atomic mass is 10.1. The molecule has 19 heavy (non-hydrogen) atoms. The van der Waals surface area contributed by atoms with Crippen LogP contribution >= 0.6 is 23.2 Å². The van der Waals surface area contributed by atoms with Gasteiger partial charge in [-0.25, -0.2) is 4.39 Å². The number of alkyl halides is 1. The zero-order chi connectivity index (χ0) is 13.7. The van der Waals surface area contributed by atoms with E-state index >= 15 is 0 Å². The van der Waals surface area contributed by atoms with Crippen LogP contribution in [0.25, 0.3) is 0 Å². The summed E-state index contributed by atoms with van der Waals surface area (Å²) in [6.07, 6.45) is 0. The van der Waals surface area contributed by atoms with Gasteiger partial charge in [-0.05, 0) is 23.3 Å². The van der Waals surface area contributed by atoms with Gasteiger partial charge in [0.25, 0.3) is 0 Å². The molecule has 2 rings (SSSR count). The molecule has 0 radical (unpaired) electrons. The van der Waals surface area contributed by atoms with E-state index < -0.39 is 5.82 Å². The van der Waals surface area contributed by atoms with E-state index in [2.05, 4.69) is 5.32 Å². The fourth-order valence-electron chi connectivity index (χ4n) is 1.77. The van der Waals surface area contributed by atoms with Gasteiger partial charge in [-0.15, -0.1) is 11.6 Å². The van der Waals surface area contributed by atoms with E-state index in [0.717, 1.165) is 11.1 Å². The highest BCUT2D eigenvalue weighted by molar-refractivity contribution is 6.30. The largest absolute Gasteiger partial charge is 0.311 e. The van der Waals surface area contributed by atoms with Crippen molar-refractivity contribution in [3.63, 3.8) is 0 Å². The zero-order valence-corrected chi connectivity index (χ0v) is 11.8. The van der Waals surface area contributed by atoms with Gasteiger partial charge in [-0.3, -0.25) is 0 Å². The van der Waals surface area contributed by atoms with E-state index in [1.54, 1.807) is 12.1 Å². The second kappa shape index (κ2) is 6.90. The van der Waals surface area contributed by atoms with Crippen LogP contribution in [0.3, 0.4) is 0 Å². The Morgan fingerprint density at radius 2 is 1.84 bits per heavy atom. The molecule has 0 spiro atoms. The Morgan fingerprint density at radius 1 is 1.11 bits per heavy atom. The maximum absolute atomic E-state index is 13.2. The quantitative estimate of drug-likeness (QED) is 0.799. The molecule has 100 valence electrons. The summed E-state index contributed by atoms with van der Waals surface area (Å²) >= 11 is 11.9. The molecule has 1 atom stereocenters. The maximum atomic E-state index is 13.2. The summed E-state index contributed by atoms with van der Waals surface area (Å²) in [7, 11) is 0. The lowest BCUT2D eigenvalue weighted by Gasteiger charge is -2.11. The molecule has 0 bridgehead atoms. The molecule has 1 unspecified atom stereocenters. The van der Waals surface area contributed by atoms with Gasteiger partial charge in [0.1, 0.15) is 5.82 Å². The minimum atomic E-state index is -0.397. The maximum Gasteiger partial charge on any atom is 0.142 e. The highest BCUT2D eigenvalue weighted by Gasteiger charge is 2.07. The van der Waals surface area contributed by atoms with Crippen LogP contribution in [0.4, 0.5) is 4.39 Å². The van der Waals surface area contributed by atoms with Gasteiger partial charge in [-0.2, -0.15) is 0 Å². The Labute approximate surface area is 122 Å². The van der Waals surface area contributed by atoms with Crippen LogP contribution in [0.15, 0.2) is 48.5 Å². The number of nitrogens with one attached hydrogen (secondary N) is 1. The molecule has 1 N–H and O–H groups in total. The van der Waals surface area contributed by atoms with E-state index in [4.69, 9.17) is 23.2 Å². The normalized spacial score (nSPS) is 12.4. The first kappa shape index (κ1) is 14.3. The van der Waals surface area contributed by atoms with E-state index in [1.165, 1.54) is 6.07 Å². The third kappa shape index (κ3) is 4.20. The van der Waals surface area contributed by atoms with Crippen molar-refractivity contribution >= 4 is 23.2 Å². The highest BCUT2D eigenvalue weighted by atomic mass is 35.5. The molecule has 2 aromatic rings. The Hall–Kier alpha value is -1.09. The Balaban J connectivity index is 1.85. The van der Waals surface area contributed by atoms with Gasteiger partial charge in [0, 0.05) is 13.1 Å². The molecule has 0 aliphatic carbocycles. The summed E-state index contributed by atoms with van der Waals surface area (Å²) in [5.74, 6) is -0.397. The molecule has 0 amide bonds. The highest BCUT2D eigenvalue weighted by Crippen LogP contribution is 2.19. The summed E-state index contributed by atoms with van der Waals surface area (Å²) in [5, 5.41) is 3.25. The second-order valence-corrected chi connectivity index (χ2v) is 5.19. The summed E-state index contributed by atoms with van der Waals surface area (Å²) in [6, 6.07) is 14.6.